The van der Waals surface area contributed by atoms with E-state index in [1.807, 2.05) is 37.5 Å². The van der Waals surface area contributed by atoms with Crippen molar-refractivity contribution in [3.8, 4) is 0 Å². The van der Waals surface area contributed by atoms with Crippen LogP contribution in [0.15, 0.2) is 42.7 Å². The van der Waals surface area contributed by atoms with E-state index in [0.717, 1.165) is 46.6 Å². The second-order valence-electron chi connectivity index (χ2n) is 8.38. The van der Waals surface area contributed by atoms with Crippen molar-refractivity contribution in [3.63, 3.8) is 0 Å². The zero-order valence-corrected chi connectivity index (χ0v) is 18.6. The summed E-state index contributed by atoms with van der Waals surface area (Å²) in [5.41, 5.74) is 9.50. The molecule has 9 nitrogen and oxygen atoms in total. The number of aromatic amines is 1. The number of nitrogen functional groups attached to an aromatic ring is 1. The van der Waals surface area contributed by atoms with Crippen LogP contribution in [-0.4, -0.2) is 37.9 Å². The third-order valence-corrected chi connectivity index (χ3v) is 5.97. The molecule has 1 amide bonds. The van der Waals surface area contributed by atoms with E-state index in [0.29, 0.717) is 23.6 Å². The van der Waals surface area contributed by atoms with Crippen LogP contribution in [-0.2, 0) is 6.42 Å². The van der Waals surface area contributed by atoms with Gasteiger partial charge in [0.15, 0.2) is 0 Å². The molecule has 0 aliphatic heterocycles. The number of H-pyrrole nitrogens is 1. The third-order valence-electron chi connectivity index (χ3n) is 5.97. The fourth-order valence-corrected chi connectivity index (χ4v) is 4.01. The highest BCUT2D eigenvalue weighted by Gasteiger charge is 2.29. The summed E-state index contributed by atoms with van der Waals surface area (Å²) >= 11 is 0. The second-order valence-corrected chi connectivity index (χ2v) is 8.38. The molecular weight excluding hydrogens is 416 g/mol. The average molecular weight is 443 g/mol. The summed E-state index contributed by atoms with van der Waals surface area (Å²) in [7, 11) is 1.84. The highest BCUT2D eigenvalue weighted by Crippen LogP contribution is 2.39. The molecule has 33 heavy (non-hydrogen) atoms. The molecule has 9 heteroatoms. The number of benzene rings is 1. The van der Waals surface area contributed by atoms with E-state index in [-0.39, 0.29) is 17.9 Å². The summed E-state index contributed by atoms with van der Waals surface area (Å²) in [6.45, 7) is 1.75. The van der Waals surface area contributed by atoms with Crippen LogP contribution in [0.1, 0.15) is 57.9 Å². The molecule has 3 heterocycles. The molecule has 5 N–H and O–H groups in total. The van der Waals surface area contributed by atoms with Crippen LogP contribution in [0.3, 0.4) is 0 Å². The summed E-state index contributed by atoms with van der Waals surface area (Å²) in [5, 5.41) is 7.41. The Kier molecular flexibility index (Phi) is 5.37. The number of para-hydroxylation sites is 1. The number of aromatic nitrogens is 5. The van der Waals surface area contributed by atoms with Crippen molar-refractivity contribution in [3.05, 3.63) is 71.1 Å². The largest absolute Gasteiger partial charge is 0.373 e. The van der Waals surface area contributed by atoms with Gasteiger partial charge in [-0.3, -0.25) is 4.79 Å². The lowest BCUT2D eigenvalue weighted by Gasteiger charge is -2.20. The van der Waals surface area contributed by atoms with Gasteiger partial charge in [0.1, 0.15) is 11.6 Å². The molecule has 0 unspecified atom stereocenters. The first-order valence-corrected chi connectivity index (χ1v) is 11.0. The first-order valence-electron chi connectivity index (χ1n) is 11.0. The molecule has 0 bridgehead atoms. The predicted octanol–water partition coefficient (Wildman–Crippen LogP) is 3.27. The van der Waals surface area contributed by atoms with Crippen LogP contribution in [0.5, 0.6) is 0 Å². The number of rotatable bonds is 7. The summed E-state index contributed by atoms with van der Waals surface area (Å²) in [6.07, 6.45) is 6.20. The van der Waals surface area contributed by atoms with Gasteiger partial charge in [-0.05, 0) is 31.4 Å². The lowest BCUT2D eigenvalue weighted by Crippen LogP contribution is -2.32. The van der Waals surface area contributed by atoms with Crippen molar-refractivity contribution in [2.75, 3.05) is 18.1 Å². The number of carbonyl (C=O) groups excluding carboxylic acids is 1. The maximum absolute atomic E-state index is 13.2. The van der Waals surface area contributed by atoms with Gasteiger partial charge in [0, 0.05) is 48.7 Å². The number of fused-ring (bicyclic) bond motifs is 1. The summed E-state index contributed by atoms with van der Waals surface area (Å²) in [6, 6.07) is 9.65. The number of hydrogen-bond donors (Lipinski definition) is 4. The SMILES string of the molecule is CNc1cc([C@@H](Cc2c[nH]c3ccccc23)NC(=O)c2cnc(N)nc2C)nc(C2CC2)n1. The van der Waals surface area contributed by atoms with Gasteiger partial charge < -0.3 is 21.4 Å². The first kappa shape index (κ1) is 20.9. The number of nitrogens with zero attached hydrogens (tertiary/aromatic N) is 4. The van der Waals surface area contributed by atoms with Crippen LogP contribution < -0.4 is 16.4 Å². The lowest BCUT2D eigenvalue weighted by molar-refractivity contribution is 0.0934. The predicted molar refractivity (Wildman–Crippen MR) is 127 cm³/mol. The molecule has 4 aromatic rings. The van der Waals surface area contributed by atoms with E-state index in [1.54, 1.807) is 6.92 Å². The van der Waals surface area contributed by atoms with E-state index in [2.05, 4.69) is 36.6 Å². The van der Waals surface area contributed by atoms with Crippen LogP contribution >= 0.6 is 0 Å². The van der Waals surface area contributed by atoms with Crippen LogP contribution in [0.2, 0.25) is 0 Å². The standard InChI is InChI=1S/C24H26N8O/c1-13-17(12-28-24(25)29-13)23(33)31-19(9-15-11-27-18-6-4-3-5-16(15)18)20-10-21(26-2)32-22(30-20)14-7-8-14/h3-6,10-12,14,19,27H,7-9H2,1-2H3,(H,31,33)(H2,25,28,29)(H,26,30,32)/t19-/m1/s1. The van der Waals surface area contributed by atoms with Crippen molar-refractivity contribution in [1.82, 2.24) is 30.2 Å². The van der Waals surface area contributed by atoms with Gasteiger partial charge in [0.25, 0.3) is 5.91 Å². The number of nitrogens with two attached hydrogens (primary N) is 1. The Morgan fingerprint density at radius 3 is 2.82 bits per heavy atom. The minimum atomic E-state index is -0.374. The molecular formula is C24H26N8O. The number of aryl methyl sites for hydroxylation is 1. The minimum absolute atomic E-state index is 0.142. The van der Waals surface area contributed by atoms with Crippen LogP contribution in [0.25, 0.3) is 10.9 Å². The van der Waals surface area contributed by atoms with Gasteiger partial charge in [0.05, 0.1) is 23.0 Å². The zero-order valence-electron chi connectivity index (χ0n) is 18.6. The topological polar surface area (TPSA) is 134 Å². The normalized spacial score (nSPS) is 14.2. The second kappa shape index (κ2) is 8.50. The third kappa shape index (κ3) is 4.34. The van der Waals surface area contributed by atoms with Gasteiger partial charge in [-0.15, -0.1) is 0 Å². The molecule has 3 aromatic heterocycles. The van der Waals surface area contributed by atoms with Gasteiger partial charge >= 0.3 is 0 Å². The number of hydrogen-bond acceptors (Lipinski definition) is 7. The van der Waals surface area contributed by atoms with Gasteiger partial charge in [-0.1, -0.05) is 18.2 Å². The molecule has 0 spiro atoms. The molecule has 5 rings (SSSR count). The molecule has 1 aromatic carbocycles. The van der Waals surface area contributed by atoms with E-state index in [4.69, 9.17) is 10.7 Å². The Hall–Kier alpha value is -4.01. The smallest absolute Gasteiger partial charge is 0.255 e. The Morgan fingerprint density at radius 1 is 1.24 bits per heavy atom. The number of amides is 1. The summed E-state index contributed by atoms with van der Waals surface area (Å²) in [4.78, 5) is 34.2. The molecule has 0 radical (unpaired) electrons. The number of carbonyl (C=O) groups is 1. The van der Waals surface area contributed by atoms with Gasteiger partial charge in [-0.2, -0.15) is 0 Å². The van der Waals surface area contributed by atoms with Crippen molar-refractivity contribution in [1.29, 1.82) is 0 Å². The molecule has 0 saturated heterocycles. The molecule has 1 aliphatic rings. The fraction of sp³-hybridized carbons (Fsp3) is 0.292. The Bertz CT molecular complexity index is 1330. The molecule has 1 fully saturated rings. The van der Waals surface area contributed by atoms with Crippen molar-refractivity contribution in [2.45, 2.75) is 38.1 Å². The Labute approximate surface area is 191 Å². The maximum Gasteiger partial charge on any atom is 0.255 e. The lowest BCUT2D eigenvalue weighted by atomic mass is 10.0. The monoisotopic (exact) mass is 442 g/mol. The maximum atomic E-state index is 13.2. The molecule has 1 saturated carbocycles. The first-order chi connectivity index (χ1) is 16.0. The van der Waals surface area contributed by atoms with E-state index >= 15 is 0 Å². The highest BCUT2D eigenvalue weighted by molar-refractivity contribution is 5.95. The summed E-state index contributed by atoms with van der Waals surface area (Å²) < 4.78 is 0. The molecule has 168 valence electrons. The van der Waals surface area contributed by atoms with Crippen molar-refractivity contribution >= 4 is 28.6 Å². The zero-order chi connectivity index (χ0) is 22.9. The minimum Gasteiger partial charge on any atom is -0.373 e. The quantitative estimate of drug-likeness (QED) is 0.345. The van der Waals surface area contributed by atoms with Gasteiger partial charge in [-0.25, -0.2) is 19.9 Å². The molecule has 1 atom stereocenters. The van der Waals surface area contributed by atoms with Crippen LogP contribution in [0, 0.1) is 6.92 Å². The Morgan fingerprint density at radius 2 is 2.06 bits per heavy atom. The van der Waals surface area contributed by atoms with E-state index in [9.17, 15) is 4.79 Å². The average Bonchev–Trinajstić information content (AvgIpc) is 3.59. The van der Waals surface area contributed by atoms with Gasteiger partial charge in [0.2, 0.25) is 5.95 Å². The van der Waals surface area contributed by atoms with Crippen LogP contribution in [0.4, 0.5) is 11.8 Å². The van der Waals surface area contributed by atoms with E-state index in [1.165, 1.54) is 6.20 Å². The number of anilines is 2. The highest BCUT2D eigenvalue weighted by atomic mass is 16.1. The summed E-state index contributed by atoms with van der Waals surface area (Å²) in [5.74, 6) is 1.82. The van der Waals surface area contributed by atoms with Crippen molar-refractivity contribution in [2.24, 2.45) is 0 Å². The fourth-order valence-electron chi connectivity index (χ4n) is 4.01. The number of nitrogens with one attached hydrogen (secondary N) is 3. The Balaban J connectivity index is 1.53. The van der Waals surface area contributed by atoms with E-state index < -0.39 is 0 Å². The molecule has 1 aliphatic carbocycles. The van der Waals surface area contributed by atoms with Crippen molar-refractivity contribution < 1.29 is 4.79 Å².